The first kappa shape index (κ1) is 13.2. The third kappa shape index (κ3) is 6.66. The van der Waals surface area contributed by atoms with E-state index in [0.717, 1.165) is 12.8 Å². The summed E-state index contributed by atoms with van der Waals surface area (Å²) in [5, 5.41) is 9.40. The van der Waals surface area contributed by atoms with Crippen molar-refractivity contribution in [1.29, 1.82) is 0 Å². The van der Waals surface area contributed by atoms with E-state index in [4.69, 9.17) is 0 Å². The summed E-state index contributed by atoms with van der Waals surface area (Å²) in [4.78, 5) is 10.7. The molecule has 3 heteroatoms. The van der Waals surface area contributed by atoms with E-state index in [1.165, 1.54) is 7.11 Å². The second-order valence-corrected chi connectivity index (χ2v) is 3.63. The predicted octanol–water partition coefficient (Wildman–Crippen LogP) is 1.90. The monoisotopic (exact) mass is 200 g/mol. The van der Waals surface area contributed by atoms with Crippen LogP contribution in [0.5, 0.6) is 0 Å². The fourth-order valence-corrected chi connectivity index (χ4v) is 0.924. The Morgan fingerprint density at radius 3 is 2.64 bits per heavy atom. The normalized spacial score (nSPS) is 13.5. The largest absolute Gasteiger partial charge is 0.469 e. The summed E-state index contributed by atoms with van der Waals surface area (Å²) in [6.45, 7) is 3.92. The Morgan fingerprint density at radius 1 is 1.50 bits per heavy atom. The van der Waals surface area contributed by atoms with Gasteiger partial charge in [0, 0.05) is 6.42 Å². The zero-order chi connectivity index (χ0) is 11.0. The highest BCUT2D eigenvalue weighted by Crippen LogP contribution is 2.04. The van der Waals surface area contributed by atoms with E-state index >= 15 is 0 Å². The predicted molar refractivity (Wildman–Crippen MR) is 55.9 cm³/mol. The van der Waals surface area contributed by atoms with Gasteiger partial charge in [-0.25, -0.2) is 0 Å². The molecule has 0 aromatic heterocycles. The molecule has 0 aromatic rings. The van der Waals surface area contributed by atoms with Crippen molar-refractivity contribution in [1.82, 2.24) is 0 Å². The summed E-state index contributed by atoms with van der Waals surface area (Å²) < 4.78 is 4.50. The molecule has 3 nitrogen and oxygen atoms in total. The SMILES string of the molecule is COC(=O)CCCC=CC(O)C(C)C. The molecule has 0 bridgehead atoms. The van der Waals surface area contributed by atoms with Crippen LogP contribution in [0, 0.1) is 5.92 Å². The number of allylic oxidation sites excluding steroid dienone is 1. The lowest BCUT2D eigenvalue weighted by molar-refractivity contribution is -0.140. The van der Waals surface area contributed by atoms with Crippen molar-refractivity contribution >= 4 is 5.97 Å². The molecule has 14 heavy (non-hydrogen) atoms. The highest BCUT2D eigenvalue weighted by atomic mass is 16.5. The van der Waals surface area contributed by atoms with Crippen molar-refractivity contribution in [3.8, 4) is 0 Å². The number of methoxy groups -OCH3 is 1. The third-order valence-corrected chi connectivity index (χ3v) is 2.00. The Morgan fingerprint density at radius 2 is 2.14 bits per heavy atom. The Labute approximate surface area is 85.8 Å². The molecule has 0 aromatic carbocycles. The topological polar surface area (TPSA) is 46.5 Å². The minimum atomic E-state index is -0.381. The minimum absolute atomic E-state index is 0.178. The van der Waals surface area contributed by atoms with Crippen LogP contribution in [0.4, 0.5) is 0 Å². The van der Waals surface area contributed by atoms with Gasteiger partial charge in [0.05, 0.1) is 13.2 Å². The maximum atomic E-state index is 10.7. The first-order valence-electron chi connectivity index (χ1n) is 4.99. The average Bonchev–Trinajstić information content (AvgIpc) is 2.16. The molecule has 0 saturated heterocycles. The van der Waals surface area contributed by atoms with Crippen LogP contribution in [0.25, 0.3) is 0 Å². The van der Waals surface area contributed by atoms with E-state index in [-0.39, 0.29) is 18.0 Å². The number of aliphatic hydroxyl groups is 1. The van der Waals surface area contributed by atoms with Gasteiger partial charge in [-0.1, -0.05) is 26.0 Å². The molecule has 1 atom stereocenters. The number of carbonyl (C=O) groups excluding carboxylic acids is 1. The number of hydrogen-bond donors (Lipinski definition) is 1. The van der Waals surface area contributed by atoms with Gasteiger partial charge < -0.3 is 9.84 Å². The van der Waals surface area contributed by atoms with E-state index in [0.29, 0.717) is 6.42 Å². The van der Waals surface area contributed by atoms with Gasteiger partial charge in [0.2, 0.25) is 0 Å². The number of unbranched alkanes of at least 4 members (excludes halogenated alkanes) is 1. The van der Waals surface area contributed by atoms with Crippen molar-refractivity contribution < 1.29 is 14.6 Å². The van der Waals surface area contributed by atoms with Crippen LogP contribution < -0.4 is 0 Å². The number of ether oxygens (including phenoxy) is 1. The van der Waals surface area contributed by atoms with Crippen LogP contribution in [0.2, 0.25) is 0 Å². The molecule has 0 radical (unpaired) electrons. The van der Waals surface area contributed by atoms with E-state index < -0.39 is 0 Å². The number of carbonyl (C=O) groups is 1. The van der Waals surface area contributed by atoms with Gasteiger partial charge in [0.15, 0.2) is 0 Å². The van der Waals surface area contributed by atoms with Gasteiger partial charge in [0.1, 0.15) is 0 Å². The Kier molecular flexibility index (Phi) is 7.11. The van der Waals surface area contributed by atoms with Crippen molar-refractivity contribution in [2.75, 3.05) is 7.11 Å². The first-order chi connectivity index (χ1) is 6.57. The second kappa shape index (κ2) is 7.56. The molecule has 0 rings (SSSR count). The lowest BCUT2D eigenvalue weighted by atomic mass is 10.1. The Balaban J connectivity index is 3.49. The molecule has 1 N–H and O–H groups in total. The van der Waals surface area contributed by atoms with Crippen LogP contribution in [0.3, 0.4) is 0 Å². The molecule has 0 heterocycles. The zero-order valence-electron chi connectivity index (χ0n) is 9.19. The lowest BCUT2D eigenvalue weighted by Crippen LogP contribution is -2.10. The first-order valence-corrected chi connectivity index (χ1v) is 4.99. The highest BCUT2D eigenvalue weighted by Gasteiger charge is 2.03. The fraction of sp³-hybridized carbons (Fsp3) is 0.727. The molecule has 0 amide bonds. The van der Waals surface area contributed by atoms with Crippen molar-refractivity contribution in [3.05, 3.63) is 12.2 Å². The summed E-state index contributed by atoms with van der Waals surface area (Å²) in [5.41, 5.74) is 0. The van der Waals surface area contributed by atoms with Crippen molar-refractivity contribution in [2.24, 2.45) is 5.92 Å². The van der Waals surface area contributed by atoms with E-state index in [1.807, 2.05) is 19.9 Å². The van der Waals surface area contributed by atoms with Gasteiger partial charge in [0.25, 0.3) is 0 Å². The van der Waals surface area contributed by atoms with Gasteiger partial charge in [-0.15, -0.1) is 0 Å². The van der Waals surface area contributed by atoms with Crippen LogP contribution in [-0.2, 0) is 9.53 Å². The maximum absolute atomic E-state index is 10.7. The molecule has 0 aliphatic heterocycles. The highest BCUT2D eigenvalue weighted by molar-refractivity contribution is 5.68. The second-order valence-electron chi connectivity index (χ2n) is 3.63. The summed E-state index contributed by atoms with van der Waals surface area (Å²) >= 11 is 0. The molecule has 1 unspecified atom stereocenters. The quantitative estimate of drug-likeness (QED) is 0.404. The Hall–Kier alpha value is -0.830. The van der Waals surface area contributed by atoms with Crippen LogP contribution >= 0.6 is 0 Å². The molecular weight excluding hydrogens is 180 g/mol. The minimum Gasteiger partial charge on any atom is -0.469 e. The molecule has 0 aliphatic carbocycles. The number of esters is 1. The summed E-state index contributed by atoms with van der Waals surface area (Å²) in [5.74, 6) is 0.0645. The zero-order valence-corrected chi connectivity index (χ0v) is 9.19. The standard InChI is InChI=1S/C11H20O3/c1-9(2)10(12)7-5-4-6-8-11(13)14-3/h5,7,9-10,12H,4,6,8H2,1-3H3. The third-order valence-electron chi connectivity index (χ3n) is 2.00. The van der Waals surface area contributed by atoms with Gasteiger partial charge in [-0.2, -0.15) is 0 Å². The molecule has 0 aliphatic rings. The molecule has 0 spiro atoms. The maximum Gasteiger partial charge on any atom is 0.305 e. The van der Waals surface area contributed by atoms with Gasteiger partial charge in [-0.05, 0) is 18.8 Å². The average molecular weight is 200 g/mol. The van der Waals surface area contributed by atoms with Crippen molar-refractivity contribution in [2.45, 2.75) is 39.2 Å². The van der Waals surface area contributed by atoms with Gasteiger partial charge >= 0.3 is 5.97 Å². The molecule has 0 fully saturated rings. The van der Waals surface area contributed by atoms with E-state index in [1.54, 1.807) is 6.08 Å². The summed E-state index contributed by atoms with van der Waals surface area (Å²) in [6.07, 6.45) is 5.33. The van der Waals surface area contributed by atoms with Gasteiger partial charge in [-0.3, -0.25) is 4.79 Å². The van der Waals surface area contributed by atoms with E-state index in [2.05, 4.69) is 4.74 Å². The molecule has 82 valence electrons. The van der Waals surface area contributed by atoms with E-state index in [9.17, 15) is 9.90 Å². The van der Waals surface area contributed by atoms with Crippen LogP contribution in [0.1, 0.15) is 33.1 Å². The smallest absolute Gasteiger partial charge is 0.305 e. The fourth-order valence-electron chi connectivity index (χ4n) is 0.924. The summed E-state index contributed by atoms with van der Waals surface area (Å²) in [7, 11) is 1.39. The number of hydrogen-bond acceptors (Lipinski definition) is 3. The lowest BCUT2D eigenvalue weighted by Gasteiger charge is -2.08. The summed E-state index contributed by atoms with van der Waals surface area (Å²) in [6, 6.07) is 0. The molecular formula is C11H20O3. The van der Waals surface area contributed by atoms with Crippen molar-refractivity contribution in [3.63, 3.8) is 0 Å². The number of aliphatic hydroxyl groups excluding tert-OH is 1. The Bertz CT molecular complexity index is 185. The molecule has 0 saturated carbocycles. The van der Waals surface area contributed by atoms with Crippen LogP contribution in [-0.4, -0.2) is 24.3 Å². The van der Waals surface area contributed by atoms with Crippen LogP contribution in [0.15, 0.2) is 12.2 Å². The number of rotatable bonds is 6.